The summed E-state index contributed by atoms with van der Waals surface area (Å²) in [6, 6.07) is 0. The van der Waals surface area contributed by atoms with E-state index in [9.17, 15) is 8.42 Å². The number of H-pyrrole nitrogens is 1. The van der Waals surface area contributed by atoms with Crippen molar-refractivity contribution < 1.29 is 13.2 Å². The van der Waals surface area contributed by atoms with Gasteiger partial charge in [0, 0.05) is 31.9 Å². The van der Waals surface area contributed by atoms with Crippen LogP contribution in [0.4, 0.5) is 0 Å². The molecule has 0 saturated heterocycles. The molecule has 0 aliphatic heterocycles. The van der Waals surface area contributed by atoms with E-state index in [1.54, 1.807) is 0 Å². The topological polar surface area (TPSA) is 96.1 Å². The minimum absolute atomic E-state index is 0.131. The Morgan fingerprint density at radius 1 is 1.43 bits per heavy atom. The molecular formula is C13H26N4O3S. The van der Waals surface area contributed by atoms with E-state index >= 15 is 0 Å². The first-order valence-corrected chi connectivity index (χ1v) is 8.76. The molecule has 0 spiro atoms. The van der Waals surface area contributed by atoms with Crippen molar-refractivity contribution in [1.29, 1.82) is 0 Å². The average molecular weight is 318 g/mol. The van der Waals surface area contributed by atoms with Crippen LogP contribution in [0.25, 0.3) is 0 Å². The van der Waals surface area contributed by atoms with Crippen LogP contribution in [0.15, 0.2) is 11.2 Å². The summed E-state index contributed by atoms with van der Waals surface area (Å²) in [7, 11) is -3.55. The lowest BCUT2D eigenvalue weighted by Gasteiger charge is -2.09. The van der Waals surface area contributed by atoms with Crippen LogP contribution in [0.2, 0.25) is 0 Å². The van der Waals surface area contributed by atoms with Gasteiger partial charge < -0.3 is 10.1 Å². The predicted molar refractivity (Wildman–Crippen MR) is 81.4 cm³/mol. The number of nitrogens with one attached hydrogen (secondary N) is 3. The SMILES string of the molecule is CCNCc1cn[nH]c1S(=O)(=O)NCCCOCC(C)C. The molecule has 0 aliphatic carbocycles. The first kappa shape index (κ1) is 18.1. The molecule has 0 aromatic carbocycles. The van der Waals surface area contributed by atoms with Crippen LogP contribution < -0.4 is 10.0 Å². The van der Waals surface area contributed by atoms with Crippen molar-refractivity contribution in [3.8, 4) is 0 Å². The van der Waals surface area contributed by atoms with Crippen LogP contribution in [0, 0.1) is 5.92 Å². The smallest absolute Gasteiger partial charge is 0.257 e. The molecule has 0 unspecified atom stereocenters. The number of aromatic nitrogens is 2. The molecule has 0 amide bonds. The average Bonchev–Trinajstić information content (AvgIpc) is 2.89. The van der Waals surface area contributed by atoms with Gasteiger partial charge in [-0.15, -0.1) is 0 Å². The molecular weight excluding hydrogens is 292 g/mol. The number of rotatable bonds is 11. The zero-order valence-electron chi connectivity index (χ0n) is 13.0. The van der Waals surface area contributed by atoms with E-state index in [4.69, 9.17) is 4.74 Å². The quantitative estimate of drug-likeness (QED) is 0.526. The normalized spacial score (nSPS) is 12.2. The maximum absolute atomic E-state index is 12.2. The van der Waals surface area contributed by atoms with E-state index in [0.29, 0.717) is 44.2 Å². The van der Waals surface area contributed by atoms with Crippen LogP contribution in [-0.4, -0.2) is 44.9 Å². The fraction of sp³-hybridized carbons (Fsp3) is 0.769. The first-order valence-electron chi connectivity index (χ1n) is 7.27. The minimum Gasteiger partial charge on any atom is -0.381 e. The Hall–Kier alpha value is -0.960. The Labute approximate surface area is 126 Å². The van der Waals surface area contributed by atoms with Crippen LogP contribution >= 0.6 is 0 Å². The van der Waals surface area contributed by atoms with Crippen molar-refractivity contribution >= 4 is 10.0 Å². The van der Waals surface area contributed by atoms with Gasteiger partial charge in [-0.2, -0.15) is 5.10 Å². The molecule has 1 rings (SSSR count). The fourth-order valence-electron chi connectivity index (χ4n) is 1.69. The second kappa shape index (κ2) is 9.14. The van der Waals surface area contributed by atoms with Gasteiger partial charge in [0.15, 0.2) is 5.03 Å². The largest absolute Gasteiger partial charge is 0.381 e. The van der Waals surface area contributed by atoms with E-state index < -0.39 is 10.0 Å². The molecule has 0 bridgehead atoms. The number of sulfonamides is 1. The molecule has 0 saturated carbocycles. The highest BCUT2D eigenvalue weighted by Crippen LogP contribution is 2.11. The Morgan fingerprint density at radius 2 is 2.19 bits per heavy atom. The number of nitrogens with zero attached hydrogens (tertiary/aromatic N) is 1. The summed E-state index contributed by atoms with van der Waals surface area (Å²) in [5.74, 6) is 0.486. The number of ether oxygens (including phenoxy) is 1. The molecule has 0 atom stereocenters. The van der Waals surface area contributed by atoms with Crippen LogP contribution in [0.1, 0.15) is 32.8 Å². The highest BCUT2D eigenvalue weighted by Gasteiger charge is 2.19. The third-order valence-corrected chi connectivity index (χ3v) is 4.20. The molecule has 1 aromatic rings. The summed E-state index contributed by atoms with van der Waals surface area (Å²) in [4.78, 5) is 0. The van der Waals surface area contributed by atoms with Crippen molar-refractivity contribution in [2.75, 3.05) is 26.3 Å². The lowest BCUT2D eigenvalue weighted by atomic mass is 10.2. The van der Waals surface area contributed by atoms with Crippen LogP contribution in [-0.2, 0) is 21.3 Å². The third-order valence-electron chi connectivity index (χ3n) is 2.72. The van der Waals surface area contributed by atoms with Gasteiger partial charge in [-0.3, -0.25) is 5.10 Å². The molecule has 0 radical (unpaired) electrons. The Morgan fingerprint density at radius 3 is 2.86 bits per heavy atom. The monoisotopic (exact) mass is 318 g/mol. The number of aromatic amines is 1. The molecule has 3 N–H and O–H groups in total. The Bertz CT molecular complexity index is 499. The second-order valence-corrected chi connectivity index (χ2v) is 6.93. The number of hydrogen-bond acceptors (Lipinski definition) is 5. The predicted octanol–water partition coefficient (Wildman–Crippen LogP) is 0.860. The van der Waals surface area contributed by atoms with Gasteiger partial charge in [-0.25, -0.2) is 13.1 Å². The molecule has 122 valence electrons. The molecule has 1 aromatic heterocycles. The molecule has 21 heavy (non-hydrogen) atoms. The zero-order valence-corrected chi connectivity index (χ0v) is 13.8. The molecule has 8 heteroatoms. The van der Waals surface area contributed by atoms with Crippen molar-refractivity contribution in [1.82, 2.24) is 20.2 Å². The van der Waals surface area contributed by atoms with Gasteiger partial charge in [-0.1, -0.05) is 20.8 Å². The van der Waals surface area contributed by atoms with E-state index in [1.165, 1.54) is 6.20 Å². The molecule has 7 nitrogen and oxygen atoms in total. The summed E-state index contributed by atoms with van der Waals surface area (Å²) >= 11 is 0. The van der Waals surface area contributed by atoms with Crippen molar-refractivity contribution in [3.63, 3.8) is 0 Å². The maximum atomic E-state index is 12.2. The van der Waals surface area contributed by atoms with Crippen LogP contribution in [0.5, 0.6) is 0 Å². The maximum Gasteiger partial charge on any atom is 0.257 e. The van der Waals surface area contributed by atoms with E-state index in [-0.39, 0.29) is 5.03 Å². The van der Waals surface area contributed by atoms with Crippen LogP contribution in [0.3, 0.4) is 0 Å². The van der Waals surface area contributed by atoms with Gasteiger partial charge >= 0.3 is 0 Å². The van der Waals surface area contributed by atoms with E-state index in [2.05, 4.69) is 34.1 Å². The first-order chi connectivity index (χ1) is 9.97. The Kier molecular flexibility index (Phi) is 7.87. The zero-order chi connectivity index (χ0) is 15.7. The highest BCUT2D eigenvalue weighted by atomic mass is 32.2. The summed E-state index contributed by atoms with van der Waals surface area (Å²) in [5.41, 5.74) is 0.639. The summed E-state index contributed by atoms with van der Waals surface area (Å²) in [5, 5.41) is 9.58. The summed E-state index contributed by atoms with van der Waals surface area (Å²) in [6.45, 7) is 8.95. The highest BCUT2D eigenvalue weighted by molar-refractivity contribution is 7.89. The molecule has 0 fully saturated rings. The van der Waals surface area contributed by atoms with E-state index in [1.807, 2.05) is 6.92 Å². The van der Waals surface area contributed by atoms with Crippen molar-refractivity contribution in [2.45, 2.75) is 38.8 Å². The lowest BCUT2D eigenvalue weighted by Crippen LogP contribution is -2.27. The van der Waals surface area contributed by atoms with Crippen molar-refractivity contribution in [3.05, 3.63) is 11.8 Å². The fourth-order valence-corrected chi connectivity index (χ4v) is 2.89. The second-order valence-electron chi connectivity index (χ2n) is 5.22. The van der Waals surface area contributed by atoms with Gasteiger partial charge in [0.05, 0.1) is 6.20 Å². The van der Waals surface area contributed by atoms with Gasteiger partial charge in [-0.05, 0) is 18.9 Å². The van der Waals surface area contributed by atoms with E-state index in [0.717, 1.165) is 6.54 Å². The minimum atomic E-state index is -3.55. The molecule has 1 heterocycles. The standard InChI is InChI=1S/C13H26N4O3S/c1-4-14-8-12-9-15-17-13(12)21(18,19)16-6-5-7-20-10-11(2)3/h9,11,14,16H,4-8,10H2,1-3H3,(H,15,17). The molecule has 0 aliphatic rings. The Balaban J connectivity index is 2.41. The summed E-state index contributed by atoms with van der Waals surface area (Å²) in [6.07, 6.45) is 2.17. The van der Waals surface area contributed by atoms with Crippen molar-refractivity contribution in [2.24, 2.45) is 5.92 Å². The number of hydrogen-bond donors (Lipinski definition) is 3. The lowest BCUT2D eigenvalue weighted by molar-refractivity contribution is 0.108. The van der Waals surface area contributed by atoms with Gasteiger partial charge in [0.2, 0.25) is 0 Å². The third kappa shape index (κ3) is 6.56. The van der Waals surface area contributed by atoms with Gasteiger partial charge in [0.1, 0.15) is 0 Å². The van der Waals surface area contributed by atoms with Gasteiger partial charge in [0.25, 0.3) is 10.0 Å². The summed E-state index contributed by atoms with van der Waals surface area (Å²) < 4.78 is 32.3.